The van der Waals surface area contributed by atoms with Crippen molar-refractivity contribution in [3.8, 4) is 0 Å². The number of hydrogen-bond acceptors (Lipinski definition) is 20. The van der Waals surface area contributed by atoms with Gasteiger partial charge in [-0.15, -0.1) is 11.8 Å². The number of aliphatic hydroxyl groups excluding tert-OH is 2. The van der Waals surface area contributed by atoms with Crippen LogP contribution in [0.25, 0.3) is 0 Å². The molecule has 1 aromatic heterocycles. The molecule has 1 saturated heterocycles. The van der Waals surface area contributed by atoms with Crippen molar-refractivity contribution in [2.24, 2.45) is 0 Å². The molecule has 0 unspecified atom stereocenters. The first kappa shape index (κ1) is 50.7. The van der Waals surface area contributed by atoms with Crippen LogP contribution in [0.2, 0.25) is 0 Å². The SMILES string of the molecule is CC(C)(C)OC(=O)O[C@H]1[C@H](F)[C@H](n2ccc(N(C(=O)OC(C)(C)C)C(=O)OC(C)(C)C)nc2=O)S[C@@H]1COP(=O)(OCCSSCCO)OCCSSCCO. The van der Waals surface area contributed by atoms with Gasteiger partial charge in [-0.3, -0.25) is 18.1 Å². The van der Waals surface area contributed by atoms with Gasteiger partial charge in [-0.05, 0) is 68.4 Å². The number of phosphoric ester groups is 1. The van der Waals surface area contributed by atoms with Crippen LogP contribution < -0.4 is 10.6 Å². The van der Waals surface area contributed by atoms with Crippen molar-refractivity contribution >= 4 is 86.9 Å². The number of aliphatic hydroxyl groups is 2. The first-order valence-corrected chi connectivity index (χ1v) is 24.7. The smallest absolute Gasteiger partial charge is 0.443 e. The fourth-order valence-corrected chi connectivity index (χ4v) is 10.3. The lowest BCUT2D eigenvalue weighted by Crippen LogP contribution is -2.45. The molecule has 2 rings (SSSR count). The first-order valence-electron chi connectivity index (χ1n) is 17.3. The number of aromatic nitrogens is 2. The maximum absolute atomic E-state index is 16.4. The van der Waals surface area contributed by atoms with Crippen LogP contribution in [0.5, 0.6) is 0 Å². The fraction of sp³-hybridized carbons (Fsp3) is 0.781. The molecule has 0 aromatic carbocycles. The Kier molecular flexibility index (Phi) is 21.2. The molecule has 2 heterocycles. The second kappa shape index (κ2) is 23.4. The lowest BCUT2D eigenvalue weighted by atomic mass is 10.1. The fourth-order valence-electron chi connectivity index (χ4n) is 4.13. The summed E-state index contributed by atoms with van der Waals surface area (Å²) in [6.07, 6.45) is -6.11. The molecule has 1 aliphatic heterocycles. The number of hydrogen-bond donors (Lipinski definition) is 2. The van der Waals surface area contributed by atoms with Crippen LogP contribution in [0.1, 0.15) is 67.7 Å². The molecular formula is C32H53FN3O14PS5. The van der Waals surface area contributed by atoms with Crippen LogP contribution in [0.4, 0.5) is 24.6 Å². The van der Waals surface area contributed by atoms with Gasteiger partial charge in [0.25, 0.3) is 0 Å². The van der Waals surface area contributed by atoms with Crippen LogP contribution in [0.15, 0.2) is 17.1 Å². The number of halogens is 1. The Morgan fingerprint density at radius 1 is 0.839 bits per heavy atom. The number of rotatable bonds is 20. The highest BCUT2D eigenvalue weighted by molar-refractivity contribution is 8.77. The Morgan fingerprint density at radius 2 is 1.32 bits per heavy atom. The molecule has 0 radical (unpaired) electrons. The highest BCUT2D eigenvalue weighted by Gasteiger charge is 2.50. The summed E-state index contributed by atoms with van der Waals surface area (Å²) in [5.41, 5.74) is -4.15. The maximum atomic E-state index is 16.4. The molecule has 24 heteroatoms. The van der Waals surface area contributed by atoms with Gasteiger partial charge in [0.15, 0.2) is 18.1 Å². The van der Waals surface area contributed by atoms with Crippen molar-refractivity contribution in [1.82, 2.24) is 9.55 Å². The Balaban J connectivity index is 2.42. The van der Waals surface area contributed by atoms with E-state index < -0.39 is 84.0 Å². The molecule has 4 atom stereocenters. The van der Waals surface area contributed by atoms with Crippen molar-refractivity contribution in [1.29, 1.82) is 0 Å². The van der Waals surface area contributed by atoms with E-state index in [4.69, 9.17) is 42.7 Å². The van der Waals surface area contributed by atoms with Gasteiger partial charge in [0.05, 0.1) is 38.3 Å². The minimum Gasteiger partial charge on any atom is -0.443 e. The number of anilines is 1. The molecule has 322 valence electrons. The number of nitrogens with zero attached hydrogens (tertiary/aromatic N) is 3. The molecule has 0 spiro atoms. The number of carbonyl (C=O) groups is 3. The van der Waals surface area contributed by atoms with Crippen molar-refractivity contribution in [3.63, 3.8) is 0 Å². The summed E-state index contributed by atoms with van der Waals surface area (Å²) >= 11 is 0.811. The van der Waals surface area contributed by atoms with Gasteiger partial charge in [-0.25, -0.2) is 28.1 Å². The zero-order valence-corrected chi connectivity index (χ0v) is 37.8. The zero-order chi connectivity index (χ0) is 42.3. The van der Waals surface area contributed by atoms with Gasteiger partial charge in [-0.2, -0.15) is 9.88 Å². The van der Waals surface area contributed by atoms with Crippen molar-refractivity contribution < 1.29 is 66.1 Å². The summed E-state index contributed by atoms with van der Waals surface area (Å²) in [5.74, 6) is 1.24. The predicted octanol–water partition coefficient (Wildman–Crippen LogP) is 7.10. The van der Waals surface area contributed by atoms with Crippen LogP contribution in [0.3, 0.4) is 0 Å². The van der Waals surface area contributed by atoms with E-state index in [0.29, 0.717) is 27.9 Å². The Hall–Kier alpha value is -1.40. The molecule has 1 aromatic rings. The molecule has 0 bridgehead atoms. The second-order valence-corrected chi connectivity index (χ2v) is 22.9. The Labute approximate surface area is 346 Å². The summed E-state index contributed by atoms with van der Waals surface area (Å²) in [6, 6.07) is 1.12. The van der Waals surface area contributed by atoms with Crippen LogP contribution in [0, 0.1) is 0 Å². The third-order valence-corrected chi connectivity index (χ3v) is 13.8. The first-order chi connectivity index (χ1) is 26.0. The Bertz CT molecular complexity index is 1480. The van der Waals surface area contributed by atoms with Crippen molar-refractivity contribution in [2.75, 3.05) is 60.9 Å². The highest BCUT2D eigenvalue weighted by Crippen LogP contribution is 2.52. The number of phosphoric acid groups is 1. The normalized spacial score (nSPS) is 19.1. The average Bonchev–Trinajstić information content (AvgIpc) is 3.35. The third kappa shape index (κ3) is 18.7. The minimum atomic E-state index is -4.29. The number of imide groups is 1. The average molecular weight is 914 g/mol. The quantitative estimate of drug-likeness (QED) is 0.0439. The van der Waals surface area contributed by atoms with Gasteiger partial charge in [0.1, 0.15) is 22.2 Å². The predicted molar refractivity (Wildman–Crippen MR) is 219 cm³/mol. The molecular weight excluding hydrogens is 861 g/mol. The number of carbonyl (C=O) groups excluding carboxylic acids is 3. The van der Waals surface area contributed by atoms with E-state index in [9.17, 15) is 23.7 Å². The Morgan fingerprint density at radius 3 is 1.77 bits per heavy atom. The zero-order valence-electron chi connectivity index (χ0n) is 32.8. The lowest BCUT2D eigenvalue weighted by Gasteiger charge is -2.28. The van der Waals surface area contributed by atoms with Crippen LogP contribution in [-0.2, 0) is 37.1 Å². The number of thioether (sulfide) groups is 1. The largest absolute Gasteiger partial charge is 0.509 e. The van der Waals surface area contributed by atoms with E-state index >= 15 is 4.39 Å². The van der Waals surface area contributed by atoms with Gasteiger partial charge in [-0.1, -0.05) is 43.2 Å². The van der Waals surface area contributed by atoms with Gasteiger partial charge < -0.3 is 29.2 Å². The molecule has 1 fully saturated rings. The third-order valence-electron chi connectivity index (χ3n) is 6.10. The number of ether oxygens (including phenoxy) is 4. The summed E-state index contributed by atoms with van der Waals surface area (Å²) in [5, 5.41) is 15.5. The second-order valence-electron chi connectivity index (χ2n) is 14.5. The van der Waals surface area contributed by atoms with E-state index in [1.807, 2.05) is 0 Å². The van der Waals surface area contributed by atoms with E-state index in [1.165, 1.54) is 43.2 Å². The summed E-state index contributed by atoms with van der Waals surface area (Å²) in [7, 11) is 1.23. The minimum absolute atomic E-state index is 0.0136. The van der Waals surface area contributed by atoms with Gasteiger partial charge in [0, 0.05) is 29.2 Å². The molecule has 56 heavy (non-hydrogen) atoms. The molecule has 17 nitrogen and oxygen atoms in total. The van der Waals surface area contributed by atoms with E-state index in [-0.39, 0.29) is 26.4 Å². The number of alkyl halides is 1. The summed E-state index contributed by atoms with van der Waals surface area (Å²) in [6.45, 7) is 13.5. The van der Waals surface area contributed by atoms with Crippen LogP contribution >= 0.6 is 62.8 Å². The van der Waals surface area contributed by atoms with Crippen LogP contribution in [-0.4, -0.2) is 128 Å². The summed E-state index contributed by atoms with van der Waals surface area (Å²) < 4.78 is 69.3. The molecule has 1 aliphatic rings. The van der Waals surface area contributed by atoms with Gasteiger partial charge in [0.2, 0.25) is 0 Å². The molecule has 2 amide bonds. The summed E-state index contributed by atoms with van der Waals surface area (Å²) in [4.78, 5) is 56.9. The van der Waals surface area contributed by atoms with Crippen molar-refractivity contribution in [3.05, 3.63) is 22.7 Å². The lowest BCUT2D eigenvalue weighted by molar-refractivity contribution is -0.0461. The molecule has 0 saturated carbocycles. The van der Waals surface area contributed by atoms with E-state index in [1.54, 1.807) is 62.3 Å². The topological polar surface area (TPSA) is 211 Å². The molecule has 2 N–H and O–H groups in total. The standard InChI is InChI=1S/C32H53FN3O14PS5/c1-30(2,3)48-27(40)36(28(41)49-31(4,5)6)22-10-11-35(26(39)34-22)25-23(33)24(47-29(42)50-32(7,8)9)21(56-25)20-46-51(43,44-14-18-54-52-16-12-37)45-15-19-55-53-17-13-38/h10-11,21,23-25,37-38H,12-20H2,1-9H3/t21-,23+,24-,25-/m1/s1. The van der Waals surface area contributed by atoms with Crippen molar-refractivity contribution in [2.45, 2.75) is 102 Å². The highest BCUT2D eigenvalue weighted by atomic mass is 33.1. The van der Waals surface area contributed by atoms with E-state index in [0.717, 1.165) is 28.6 Å². The maximum Gasteiger partial charge on any atom is 0.509 e. The van der Waals surface area contributed by atoms with E-state index in [2.05, 4.69) is 4.98 Å². The van der Waals surface area contributed by atoms with Gasteiger partial charge >= 0.3 is 31.9 Å². The molecule has 0 aliphatic carbocycles. The number of amides is 2. The monoisotopic (exact) mass is 913 g/mol.